The molecule has 0 aromatic rings. The van der Waals surface area contributed by atoms with E-state index in [0.717, 1.165) is 38.9 Å². The van der Waals surface area contributed by atoms with Crippen molar-refractivity contribution in [2.75, 3.05) is 33.7 Å². The Morgan fingerprint density at radius 3 is 2.45 bits per heavy atom. The molecule has 0 aliphatic carbocycles. The molecule has 1 heterocycles. The van der Waals surface area contributed by atoms with Gasteiger partial charge in [0.05, 0.1) is 0 Å². The van der Waals surface area contributed by atoms with E-state index in [9.17, 15) is 4.79 Å². The van der Waals surface area contributed by atoms with Crippen molar-refractivity contribution in [1.29, 1.82) is 0 Å². The summed E-state index contributed by atoms with van der Waals surface area (Å²) in [5.41, 5.74) is 5.75. The number of likely N-dealkylation sites (tertiary alicyclic amines) is 1. The van der Waals surface area contributed by atoms with Gasteiger partial charge in [-0.15, -0.1) is 0 Å². The van der Waals surface area contributed by atoms with Gasteiger partial charge in [0.2, 0.25) is 5.91 Å². The molecule has 2 N–H and O–H groups in total. The Kier molecular flexibility index (Phi) is 7.52. The fraction of sp³-hybridized carbons (Fsp3) is 0.938. The van der Waals surface area contributed by atoms with E-state index in [2.05, 4.69) is 18.9 Å². The van der Waals surface area contributed by atoms with Crippen LogP contribution in [0, 0.1) is 11.8 Å². The van der Waals surface area contributed by atoms with Crippen LogP contribution in [0.5, 0.6) is 0 Å². The lowest BCUT2D eigenvalue weighted by Crippen LogP contribution is -2.39. The van der Waals surface area contributed by atoms with Gasteiger partial charge in [-0.25, -0.2) is 0 Å². The van der Waals surface area contributed by atoms with Crippen LogP contribution in [0.2, 0.25) is 0 Å². The SMILES string of the molecule is CC(N)CCCC(C)C(=O)N(C)CC1CCN(C)CC1. The Labute approximate surface area is 124 Å². The number of nitrogens with two attached hydrogens (primary N) is 1. The molecule has 2 atom stereocenters. The third kappa shape index (κ3) is 6.23. The van der Waals surface area contributed by atoms with Crippen LogP contribution in [0.25, 0.3) is 0 Å². The lowest BCUT2D eigenvalue weighted by Gasteiger charge is -2.32. The van der Waals surface area contributed by atoms with E-state index in [-0.39, 0.29) is 12.0 Å². The molecule has 0 bridgehead atoms. The molecule has 1 rings (SSSR count). The van der Waals surface area contributed by atoms with Crippen molar-refractivity contribution in [2.45, 2.75) is 52.0 Å². The fourth-order valence-electron chi connectivity index (χ4n) is 2.97. The topological polar surface area (TPSA) is 49.6 Å². The maximum atomic E-state index is 12.3. The maximum absolute atomic E-state index is 12.3. The van der Waals surface area contributed by atoms with Crippen LogP contribution >= 0.6 is 0 Å². The Balaban J connectivity index is 2.27. The normalized spacial score (nSPS) is 20.6. The Morgan fingerprint density at radius 1 is 1.30 bits per heavy atom. The van der Waals surface area contributed by atoms with E-state index in [1.54, 1.807) is 0 Å². The Morgan fingerprint density at radius 2 is 1.90 bits per heavy atom. The molecule has 0 aromatic carbocycles. The first-order valence-corrected chi connectivity index (χ1v) is 8.09. The fourth-order valence-corrected chi connectivity index (χ4v) is 2.97. The average molecular weight is 283 g/mol. The van der Waals surface area contributed by atoms with E-state index in [1.807, 2.05) is 18.9 Å². The van der Waals surface area contributed by atoms with E-state index >= 15 is 0 Å². The second kappa shape index (κ2) is 8.63. The highest BCUT2D eigenvalue weighted by Crippen LogP contribution is 2.18. The minimum atomic E-state index is 0.130. The molecule has 2 unspecified atom stereocenters. The summed E-state index contributed by atoms with van der Waals surface area (Å²) in [6.45, 7) is 7.32. The molecule has 1 amide bonds. The summed E-state index contributed by atoms with van der Waals surface area (Å²) in [5.74, 6) is 1.11. The smallest absolute Gasteiger partial charge is 0.225 e. The quantitative estimate of drug-likeness (QED) is 0.777. The molecule has 0 aromatic heterocycles. The molecule has 0 saturated carbocycles. The molecule has 1 saturated heterocycles. The zero-order valence-corrected chi connectivity index (χ0v) is 13.8. The molecule has 1 aliphatic rings. The van der Waals surface area contributed by atoms with E-state index in [1.165, 1.54) is 12.8 Å². The van der Waals surface area contributed by atoms with Crippen LogP contribution in [0.1, 0.15) is 46.0 Å². The summed E-state index contributed by atoms with van der Waals surface area (Å²) < 4.78 is 0. The summed E-state index contributed by atoms with van der Waals surface area (Å²) >= 11 is 0. The predicted octanol–water partition coefficient (Wildman–Crippen LogP) is 1.94. The highest BCUT2D eigenvalue weighted by Gasteiger charge is 2.22. The zero-order chi connectivity index (χ0) is 15.1. The summed E-state index contributed by atoms with van der Waals surface area (Å²) in [4.78, 5) is 16.7. The average Bonchev–Trinajstić information content (AvgIpc) is 2.39. The van der Waals surface area contributed by atoms with E-state index in [0.29, 0.717) is 11.8 Å². The van der Waals surface area contributed by atoms with Crippen molar-refractivity contribution in [3.05, 3.63) is 0 Å². The number of nitrogens with zero attached hydrogens (tertiary/aromatic N) is 2. The molecule has 1 fully saturated rings. The molecule has 0 radical (unpaired) electrons. The van der Waals surface area contributed by atoms with Gasteiger partial charge in [-0.3, -0.25) is 4.79 Å². The zero-order valence-electron chi connectivity index (χ0n) is 13.8. The van der Waals surface area contributed by atoms with Gasteiger partial charge < -0.3 is 15.5 Å². The van der Waals surface area contributed by atoms with Gasteiger partial charge in [0.15, 0.2) is 0 Å². The first-order chi connectivity index (χ1) is 9.40. The van der Waals surface area contributed by atoms with Crippen molar-refractivity contribution in [3.63, 3.8) is 0 Å². The monoisotopic (exact) mass is 283 g/mol. The van der Waals surface area contributed by atoms with Crippen molar-refractivity contribution in [3.8, 4) is 0 Å². The predicted molar refractivity (Wildman–Crippen MR) is 84.5 cm³/mol. The van der Waals surface area contributed by atoms with Crippen molar-refractivity contribution in [1.82, 2.24) is 9.80 Å². The van der Waals surface area contributed by atoms with Gasteiger partial charge in [-0.2, -0.15) is 0 Å². The summed E-state index contributed by atoms with van der Waals surface area (Å²) in [6.07, 6.45) is 5.45. The molecule has 4 heteroatoms. The van der Waals surface area contributed by atoms with Crippen molar-refractivity contribution in [2.24, 2.45) is 17.6 Å². The van der Waals surface area contributed by atoms with Gasteiger partial charge in [0.1, 0.15) is 0 Å². The number of hydrogen-bond acceptors (Lipinski definition) is 3. The van der Waals surface area contributed by atoms with Gasteiger partial charge in [-0.1, -0.05) is 13.3 Å². The molecule has 20 heavy (non-hydrogen) atoms. The summed E-state index contributed by atoms with van der Waals surface area (Å²) in [7, 11) is 4.13. The van der Waals surface area contributed by atoms with Gasteiger partial charge in [-0.05, 0) is 58.7 Å². The van der Waals surface area contributed by atoms with E-state index in [4.69, 9.17) is 5.73 Å². The molecule has 118 valence electrons. The highest BCUT2D eigenvalue weighted by molar-refractivity contribution is 5.78. The van der Waals surface area contributed by atoms with Crippen LogP contribution in [0.3, 0.4) is 0 Å². The van der Waals surface area contributed by atoms with Crippen molar-refractivity contribution >= 4 is 5.91 Å². The summed E-state index contributed by atoms with van der Waals surface area (Å²) in [6, 6.07) is 0.245. The van der Waals surface area contributed by atoms with Gasteiger partial charge in [0.25, 0.3) is 0 Å². The molecule has 1 aliphatic heterocycles. The Bertz CT molecular complexity index is 285. The number of piperidine rings is 1. The Hall–Kier alpha value is -0.610. The lowest BCUT2D eigenvalue weighted by molar-refractivity contribution is -0.134. The van der Waals surface area contributed by atoms with Crippen LogP contribution in [-0.2, 0) is 4.79 Å². The third-order valence-corrected chi connectivity index (χ3v) is 4.46. The number of carbonyl (C=O) groups excluding carboxylic acids is 1. The minimum absolute atomic E-state index is 0.130. The molecular formula is C16H33N3O. The molecule has 4 nitrogen and oxygen atoms in total. The second-order valence-electron chi connectivity index (χ2n) is 6.77. The number of carbonyl (C=O) groups is 1. The standard InChI is InChI=1S/C16H33N3O/c1-13(6-5-7-14(2)17)16(20)19(4)12-15-8-10-18(3)11-9-15/h13-15H,5-12,17H2,1-4H3. The number of hydrogen-bond donors (Lipinski definition) is 1. The maximum Gasteiger partial charge on any atom is 0.225 e. The van der Waals surface area contributed by atoms with Crippen LogP contribution in [-0.4, -0.2) is 55.5 Å². The highest BCUT2D eigenvalue weighted by atomic mass is 16.2. The summed E-state index contributed by atoms with van der Waals surface area (Å²) in [5, 5.41) is 0. The van der Waals surface area contributed by atoms with Crippen LogP contribution in [0.4, 0.5) is 0 Å². The first-order valence-electron chi connectivity index (χ1n) is 8.09. The first kappa shape index (κ1) is 17.4. The number of rotatable bonds is 7. The minimum Gasteiger partial charge on any atom is -0.345 e. The van der Waals surface area contributed by atoms with E-state index < -0.39 is 0 Å². The molecular weight excluding hydrogens is 250 g/mol. The second-order valence-corrected chi connectivity index (χ2v) is 6.77. The van der Waals surface area contributed by atoms with Crippen molar-refractivity contribution < 1.29 is 4.79 Å². The third-order valence-electron chi connectivity index (χ3n) is 4.46. The van der Waals surface area contributed by atoms with Crippen LogP contribution < -0.4 is 5.73 Å². The lowest BCUT2D eigenvalue weighted by atomic mass is 9.95. The van der Waals surface area contributed by atoms with Gasteiger partial charge >= 0.3 is 0 Å². The van der Waals surface area contributed by atoms with Gasteiger partial charge in [0, 0.05) is 25.6 Å². The molecule has 0 spiro atoms. The number of amides is 1. The largest absolute Gasteiger partial charge is 0.345 e. The van der Waals surface area contributed by atoms with Crippen LogP contribution in [0.15, 0.2) is 0 Å².